The summed E-state index contributed by atoms with van der Waals surface area (Å²) >= 11 is 0. The maximum Gasteiger partial charge on any atom is 0.309 e. The van der Waals surface area contributed by atoms with E-state index in [1.54, 1.807) is 0 Å². The van der Waals surface area contributed by atoms with Gasteiger partial charge in [-0.05, 0) is 0 Å². The van der Waals surface area contributed by atoms with E-state index in [1.807, 2.05) is 0 Å². The summed E-state index contributed by atoms with van der Waals surface area (Å²) in [6.07, 6.45) is 0. The summed E-state index contributed by atoms with van der Waals surface area (Å²) in [5.74, 6) is 0. The van der Waals surface area contributed by atoms with Crippen LogP contribution in [-0.4, -0.2) is 11.2 Å². The topological polar surface area (TPSA) is 119 Å². The first-order chi connectivity index (χ1) is 3.15. The Morgan fingerprint density at radius 3 is 1.57 bits per heavy atom. The Labute approximate surface area is 39.0 Å². The fourth-order valence-corrected chi connectivity index (χ4v) is 0. The van der Waals surface area contributed by atoms with E-state index in [0.717, 1.165) is 0 Å². The number of nitrogens with two attached hydrogens (primary N) is 2. The number of hydrogen-bond acceptors (Lipinski definition) is 3. The van der Waals surface area contributed by atoms with Crippen LogP contribution in [0.3, 0.4) is 0 Å². The van der Waals surface area contributed by atoms with Crippen LogP contribution in [-0.2, 0) is 0 Å². The first-order valence-electron chi connectivity index (χ1n) is 1.16. The fraction of sp³-hybridized carbons (Fsp3) is 0. The lowest BCUT2D eigenvalue weighted by Crippen LogP contribution is -2.18. The van der Waals surface area contributed by atoms with Crippen molar-refractivity contribution in [2.45, 2.75) is 0 Å². The van der Waals surface area contributed by atoms with Gasteiger partial charge in [0.15, 0.2) is 5.34 Å². The van der Waals surface area contributed by atoms with Gasteiger partial charge in [-0.25, -0.2) is 4.79 Å². The number of hydrogen-bond donors (Lipinski definition) is 3. The van der Waals surface area contributed by atoms with Crippen LogP contribution in [0.2, 0.25) is 0 Å². The molecule has 0 heterocycles. The van der Waals surface area contributed by atoms with Crippen molar-refractivity contribution >= 4 is 6.03 Å². The first kappa shape index (κ1) is 9.18. The molecule has 0 aliphatic heterocycles. The molecule has 0 aliphatic rings. The van der Waals surface area contributed by atoms with Crippen molar-refractivity contribution < 1.29 is 10.0 Å². The summed E-state index contributed by atoms with van der Waals surface area (Å²) in [7, 11) is 0. The van der Waals surface area contributed by atoms with Gasteiger partial charge in [-0.1, -0.05) is 0 Å². The van der Waals surface area contributed by atoms with Gasteiger partial charge in [0, 0.05) is 0 Å². The molecule has 0 aromatic carbocycles. The Hall–Kier alpha value is -1.33. The number of nitrogens with zero attached hydrogens (tertiary/aromatic N) is 1. The van der Waals surface area contributed by atoms with E-state index >= 15 is 0 Å². The Morgan fingerprint density at radius 2 is 1.57 bits per heavy atom. The highest BCUT2D eigenvalue weighted by atomic mass is 16.6. The highest BCUT2D eigenvalue weighted by Crippen LogP contribution is 1.25. The minimum atomic E-state index is -0.833. The summed E-state index contributed by atoms with van der Waals surface area (Å²) in [6, 6.07) is -0.833. The Bertz CT molecular complexity index is 57.2. The summed E-state index contributed by atoms with van der Waals surface area (Å²) in [5, 5.41) is 7.89. The number of urea groups is 1. The highest BCUT2D eigenvalue weighted by Gasteiger charge is 1.60. The third kappa shape index (κ3) is 18.8. The largest absolute Gasteiger partial charge is 0.379 e. The minimum absolute atomic E-state index is 0.833. The predicted octanol–water partition coefficient (Wildman–Crippen LogP) is -0.834. The van der Waals surface area contributed by atoms with Gasteiger partial charge in [0.2, 0.25) is 0 Å². The van der Waals surface area contributed by atoms with Crippen molar-refractivity contribution in [3.8, 4) is 0 Å². The number of carbonyl (C=O) groups is 1. The molecule has 6 nitrogen and oxygen atoms in total. The lowest BCUT2D eigenvalue weighted by Gasteiger charge is -1.62. The molecule has 0 saturated heterocycles. The molecule has 42 valence electrons. The first-order valence-corrected chi connectivity index (χ1v) is 1.16. The van der Waals surface area contributed by atoms with Gasteiger partial charge in [0.1, 0.15) is 0 Å². The second kappa shape index (κ2) is 8.82. The summed E-state index contributed by atoms with van der Waals surface area (Å²) < 4.78 is 0. The van der Waals surface area contributed by atoms with Crippen molar-refractivity contribution in [2.75, 3.05) is 0 Å². The molecule has 0 spiro atoms. The van der Waals surface area contributed by atoms with Gasteiger partial charge in [0.25, 0.3) is 0 Å². The standard InChI is InChI=1S/CH4N2O.HNO2/c2-1(3)4;2-1-3/h(H4,2,3,4);(H,2,3). The summed E-state index contributed by atoms with van der Waals surface area (Å²) in [4.78, 5) is 17.1. The van der Waals surface area contributed by atoms with Crippen LogP contribution in [0.25, 0.3) is 0 Å². The van der Waals surface area contributed by atoms with Crippen molar-refractivity contribution in [1.29, 1.82) is 0 Å². The van der Waals surface area contributed by atoms with Crippen molar-refractivity contribution in [3.05, 3.63) is 4.91 Å². The van der Waals surface area contributed by atoms with Crippen molar-refractivity contribution in [2.24, 2.45) is 16.8 Å². The molecular weight excluding hydrogens is 102 g/mol. The molecule has 2 amide bonds. The van der Waals surface area contributed by atoms with Gasteiger partial charge in [-0.2, -0.15) is 0 Å². The zero-order valence-corrected chi connectivity index (χ0v) is 3.37. The maximum atomic E-state index is 9.00. The third-order valence-electron chi connectivity index (χ3n) is 0. The SMILES string of the molecule is NC(N)=O.O=NO. The van der Waals surface area contributed by atoms with Gasteiger partial charge in [0.05, 0.1) is 0 Å². The molecule has 7 heavy (non-hydrogen) atoms. The van der Waals surface area contributed by atoms with E-state index in [0.29, 0.717) is 0 Å². The molecule has 0 atom stereocenters. The van der Waals surface area contributed by atoms with E-state index in [2.05, 4.69) is 11.5 Å². The maximum absolute atomic E-state index is 9.00. The van der Waals surface area contributed by atoms with E-state index < -0.39 is 6.03 Å². The number of rotatable bonds is 0. The third-order valence-corrected chi connectivity index (χ3v) is 0. The Morgan fingerprint density at radius 1 is 1.57 bits per heavy atom. The Kier molecular flexibility index (Phi) is 11.6. The van der Waals surface area contributed by atoms with Crippen molar-refractivity contribution in [1.82, 2.24) is 0 Å². The van der Waals surface area contributed by atoms with E-state index in [-0.39, 0.29) is 0 Å². The molecule has 0 rings (SSSR count). The van der Waals surface area contributed by atoms with Gasteiger partial charge >= 0.3 is 6.03 Å². The molecule has 6 heteroatoms. The second-order valence-electron chi connectivity index (χ2n) is 0.484. The predicted molar refractivity (Wildman–Crippen MR) is 21.4 cm³/mol. The summed E-state index contributed by atoms with van der Waals surface area (Å²) in [6.45, 7) is 0. The van der Waals surface area contributed by atoms with Crippen LogP contribution in [0.1, 0.15) is 0 Å². The Balaban J connectivity index is 0. The van der Waals surface area contributed by atoms with Crippen LogP contribution < -0.4 is 11.5 Å². The summed E-state index contributed by atoms with van der Waals surface area (Å²) in [5.41, 5.74) is 8.50. The molecular formula is CH5N3O3. The van der Waals surface area contributed by atoms with Gasteiger partial charge in [-0.15, -0.1) is 4.91 Å². The number of amides is 2. The normalized spacial score (nSPS) is 5.14. The molecule has 0 aliphatic carbocycles. The average Bonchev–Trinajstić information content (AvgIpc) is 1.33. The fourth-order valence-electron chi connectivity index (χ4n) is 0. The molecule has 0 aromatic rings. The highest BCUT2D eigenvalue weighted by molar-refractivity contribution is 5.69. The zero-order chi connectivity index (χ0) is 6.28. The van der Waals surface area contributed by atoms with Gasteiger partial charge in [-0.3, -0.25) is 0 Å². The molecule has 0 unspecified atom stereocenters. The van der Waals surface area contributed by atoms with Crippen LogP contribution >= 0.6 is 0 Å². The molecule has 0 saturated carbocycles. The lowest BCUT2D eigenvalue weighted by molar-refractivity contribution is 0.256. The minimum Gasteiger partial charge on any atom is -0.379 e. The number of carbonyl (C=O) groups excluding carboxylic acids is 1. The van der Waals surface area contributed by atoms with E-state index in [4.69, 9.17) is 14.9 Å². The van der Waals surface area contributed by atoms with E-state index in [9.17, 15) is 0 Å². The van der Waals surface area contributed by atoms with Crippen LogP contribution in [0.5, 0.6) is 0 Å². The average molecular weight is 107 g/mol. The van der Waals surface area contributed by atoms with E-state index in [1.165, 1.54) is 5.34 Å². The monoisotopic (exact) mass is 107 g/mol. The number of primary amides is 2. The van der Waals surface area contributed by atoms with Crippen LogP contribution in [0.15, 0.2) is 5.34 Å². The second-order valence-corrected chi connectivity index (χ2v) is 0.484. The van der Waals surface area contributed by atoms with Crippen molar-refractivity contribution in [3.63, 3.8) is 0 Å². The molecule has 0 aromatic heterocycles. The molecule has 0 bridgehead atoms. The van der Waals surface area contributed by atoms with Crippen LogP contribution in [0, 0.1) is 4.91 Å². The molecule has 0 radical (unpaired) electrons. The molecule has 0 fully saturated rings. The lowest BCUT2D eigenvalue weighted by atomic mass is 11.2. The molecule has 5 N–H and O–H groups in total. The van der Waals surface area contributed by atoms with Crippen LogP contribution in [0.4, 0.5) is 4.79 Å². The smallest absolute Gasteiger partial charge is 0.309 e. The quantitative estimate of drug-likeness (QED) is 0.276. The zero-order valence-electron chi connectivity index (χ0n) is 3.37. The van der Waals surface area contributed by atoms with Gasteiger partial charge < -0.3 is 16.7 Å².